The third kappa shape index (κ3) is 3.24. The maximum atomic E-state index is 12.1. The van der Waals surface area contributed by atoms with Crippen LogP contribution in [0.25, 0.3) is 11.3 Å². The normalized spacial score (nSPS) is 17.1. The third-order valence-corrected chi connectivity index (χ3v) is 3.80. The first-order valence-electron chi connectivity index (χ1n) is 6.91. The number of aromatic nitrogens is 2. The Bertz CT molecular complexity index is 633. The number of nitrogens with one attached hydrogen (secondary N) is 1. The summed E-state index contributed by atoms with van der Waals surface area (Å²) >= 11 is 0. The van der Waals surface area contributed by atoms with Crippen LogP contribution < -0.4 is 4.74 Å². The minimum absolute atomic E-state index is 0.240. The van der Waals surface area contributed by atoms with Gasteiger partial charge < -0.3 is 14.5 Å². The van der Waals surface area contributed by atoms with Crippen LogP contribution in [0.4, 0.5) is 13.2 Å². The van der Waals surface area contributed by atoms with Gasteiger partial charge in [-0.1, -0.05) is 6.92 Å². The lowest BCUT2D eigenvalue weighted by Gasteiger charge is -2.30. The molecule has 0 unspecified atom stereocenters. The van der Waals surface area contributed by atoms with Crippen LogP contribution in [0, 0.1) is 5.92 Å². The van der Waals surface area contributed by atoms with Crippen LogP contribution in [0.3, 0.4) is 0 Å². The summed E-state index contributed by atoms with van der Waals surface area (Å²) in [5.41, 5.74) is 1.52. The minimum atomic E-state index is -4.68. The number of halogens is 3. The highest BCUT2D eigenvalue weighted by Crippen LogP contribution is 2.30. The standard InChI is InChI=1S/C15H15F3N2O2/c1-9(11-7-21-8-11)14-19-6-13(20-14)10-2-4-12(5-3-10)22-15(16,17)18/h2-6,9,11H,7-8H2,1H3,(H,19,20)/t9-/m1/s1. The first-order valence-corrected chi connectivity index (χ1v) is 6.91. The van der Waals surface area contributed by atoms with Gasteiger partial charge in [-0.2, -0.15) is 0 Å². The number of nitrogens with zero attached hydrogens (tertiary/aromatic N) is 1. The van der Waals surface area contributed by atoms with Gasteiger partial charge in [0.05, 0.1) is 25.1 Å². The van der Waals surface area contributed by atoms with Gasteiger partial charge >= 0.3 is 6.36 Å². The van der Waals surface area contributed by atoms with Crippen LogP contribution in [-0.2, 0) is 4.74 Å². The molecule has 7 heteroatoms. The van der Waals surface area contributed by atoms with Crippen LogP contribution in [0.5, 0.6) is 5.75 Å². The Morgan fingerprint density at radius 3 is 2.50 bits per heavy atom. The largest absolute Gasteiger partial charge is 0.573 e. The quantitative estimate of drug-likeness (QED) is 0.936. The Kier molecular flexibility index (Phi) is 3.82. The van der Waals surface area contributed by atoms with Gasteiger partial charge in [0.1, 0.15) is 11.6 Å². The third-order valence-electron chi connectivity index (χ3n) is 3.80. The predicted octanol–water partition coefficient (Wildman–Crippen LogP) is 3.73. The van der Waals surface area contributed by atoms with Crippen molar-refractivity contribution in [2.45, 2.75) is 19.2 Å². The van der Waals surface area contributed by atoms with Gasteiger partial charge in [-0.3, -0.25) is 0 Å². The fourth-order valence-corrected chi connectivity index (χ4v) is 2.32. The van der Waals surface area contributed by atoms with E-state index in [2.05, 4.69) is 21.6 Å². The molecule has 0 spiro atoms. The number of H-pyrrole nitrogens is 1. The monoisotopic (exact) mass is 312 g/mol. The highest BCUT2D eigenvalue weighted by molar-refractivity contribution is 5.59. The average molecular weight is 312 g/mol. The summed E-state index contributed by atoms with van der Waals surface area (Å²) < 4.78 is 45.4. The smallest absolute Gasteiger partial charge is 0.406 e. The molecule has 4 nitrogen and oxygen atoms in total. The second kappa shape index (κ2) is 5.64. The lowest BCUT2D eigenvalue weighted by molar-refractivity contribution is -0.274. The molecule has 1 aliphatic heterocycles. The molecular weight excluding hydrogens is 297 g/mol. The fourth-order valence-electron chi connectivity index (χ4n) is 2.32. The predicted molar refractivity (Wildman–Crippen MR) is 73.4 cm³/mol. The van der Waals surface area contributed by atoms with Crippen LogP contribution >= 0.6 is 0 Å². The molecule has 0 radical (unpaired) electrons. The molecule has 2 heterocycles. The Morgan fingerprint density at radius 1 is 1.27 bits per heavy atom. The molecule has 1 aliphatic rings. The molecule has 0 bridgehead atoms. The van der Waals surface area contributed by atoms with Gasteiger partial charge in [0.25, 0.3) is 0 Å². The van der Waals surface area contributed by atoms with E-state index in [-0.39, 0.29) is 11.7 Å². The van der Waals surface area contributed by atoms with Crippen LogP contribution in [0.1, 0.15) is 18.7 Å². The van der Waals surface area contributed by atoms with E-state index >= 15 is 0 Å². The highest BCUT2D eigenvalue weighted by atomic mass is 19.4. The van der Waals surface area contributed by atoms with E-state index in [1.54, 1.807) is 18.3 Å². The molecule has 3 rings (SSSR count). The molecular formula is C15H15F3N2O2. The van der Waals surface area contributed by atoms with Crippen molar-refractivity contribution < 1.29 is 22.6 Å². The SMILES string of the molecule is C[C@@H](c1ncc(-c2ccc(OC(F)(F)F)cc2)[nH]1)C1COC1. The molecule has 0 amide bonds. The van der Waals surface area contributed by atoms with Crippen LogP contribution in [-0.4, -0.2) is 29.5 Å². The van der Waals surface area contributed by atoms with Crippen molar-refractivity contribution in [3.63, 3.8) is 0 Å². The number of aromatic amines is 1. The van der Waals surface area contributed by atoms with Crippen LogP contribution in [0.15, 0.2) is 30.5 Å². The van der Waals surface area contributed by atoms with Crippen molar-refractivity contribution in [3.05, 3.63) is 36.3 Å². The number of hydrogen-bond donors (Lipinski definition) is 1. The number of imidazole rings is 1. The van der Waals surface area contributed by atoms with Gasteiger partial charge in [-0.05, 0) is 29.8 Å². The fraction of sp³-hybridized carbons (Fsp3) is 0.400. The molecule has 118 valence electrons. The number of alkyl halides is 3. The summed E-state index contributed by atoms with van der Waals surface area (Å²) in [6, 6.07) is 5.70. The van der Waals surface area contributed by atoms with Gasteiger partial charge in [0, 0.05) is 11.8 Å². The molecule has 0 aliphatic carbocycles. The van der Waals surface area contributed by atoms with E-state index in [0.717, 1.165) is 30.3 Å². The zero-order chi connectivity index (χ0) is 15.7. The molecule has 1 aromatic heterocycles. The van der Waals surface area contributed by atoms with E-state index in [1.807, 2.05) is 0 Å². The Morgan fingerprint density at radius 2 is 1.95 bits per heavy atom. The van der Waals surface area contributed by atoms with E-state index < -0.39 is 6.36 Å². The number of ether oxygens (including phenoxy) is 2. The molecule has 1 N–H and O–H groups in total. The highest BCUT2D eigenvalue weighted by Gasteiger charge is 2.31. The van der Waals surface area contributed by atoms with E-state index in [4.69, 9.17) is 4.74 Å². The summed E-state index contributed by atoms with van der Waals surface area (Å²) in [5, 5.41) is 0. The number of rotatable bonds is 4. The van der Waals surface area contributed by atoms with Gasteiger partial charge in [0.2, 0.25) is 0 Å². The van der Waals surface area contributed by atoms with Crippen molar-refractivity contribution >= 4 is 0 Å². The molecule has 1 atom stereocenters. The Balaban J connectivity index is 1.73. The maximum absolute atomic E-state index is 12.1. The molecule has 1 fully saturated rings. The zero-order valence-corrected chi connectivity index (χ0v) is 11.9. The average Bonchev–Trinajstić information content (AvgIpc) is 2.85. The first-order chi connectivity index (χ1) is 10.4. The van der Waals surface area contributed by atoms with Gasteiger partial charge in [-0.15, -0.1) is 13.2 Å². The van der Waals surface area contributed by atoms with E-state index in [9.17, 15) is 13.2 Å². The van der Waals surface area contributed by atoms with Crippen molar-refractivity contribution in [1.29, 1.82) is 0 Å². The summed E-state index contributed by atoms with van der Waals surface area (Å²) in [4.78, 5) is 7.57. The minimum Gasteiger partial charge on any atom is -0.406 e. The van der Waals surface area contributed by atoms with Crippen molar-refractivity contribution in [2.24, 2.45) is 5.92 Å². The summed E-state index contributed by atoms with van der Waals surface area (Å²) in [7, 11) is 0. The van der Waals surface area contributed by atoms with Gasteiger partial charge in [0.15, 0.2) is 0 Å². The first kappa shape index (κ1) is 14.9. The second-order valence-electron chi connectivity index (χ2n) is 5.34. The van der Waals surface area contributed by atoms with Gasteiger partial charge in [-0.25, -0.2) is 4.98 Å². The topological polar surface area (TPSA) is 47.1 Å². The summed E-state index contributed by atoms with van der Waals surface area (Å²) in [6.07, 6.45) is -2.99. The van der Waals surface area contributed by atoms with Crippen molar-refractivity contribution in [3.8, 4) is 17.0 Å². The molecule has 1 aromatic carbocycles. The molecule has 0 saturated carbocycles. The lowest BCUT2D eigenvalue weighted by Crippen LogP contribution is -2.32. The van der Waals surface area contributed by atoms with E-state index in [1.165, 1.54) is 12.1 Å². The zero-order valence-electron chi connectivity index (χ0n) is 11.9. The summed E-state index contributed by atoms with van der Waals surface area (Å²) in [6.45, 7) is 3.55. The molecule has 22 heavy (non-hydrogen) atoms. The number of benzene rings is 1. The maximum Gasteiger partial charge on any atom is 0.573 e. The number of hydrogen-bond acceptors (Lipinski definition) is 3. The summed E-state index contributed by atoms with van der Waals surface area (Å²) in [5.74, 6) is 1.34. The lowest BCUT2D eigenvalue weighted by atomic mass is 9.92. The van der Waals surface area contributed by atoms with E-state index in [0.29, 0.717) is 5.92 Å². The molecule has 2 aromatic rings. The Labute approximate surface area is 125 Å². The molecule has 1 saturated heterocycles. The second-order valence-corrected chi connectivity index (χ2v) is 5.34. The Hall–Kier alpha value is -2.02. The van der Waals surface area contributed by atoms with Crippen LogP contribution in [0.2, 0.25) is 0 Å². The van der Waals surface area contributed by atoms with Crippen molar-refractivity contribution in [2.75, 3.05) is 13.2 Å². The van der Waals surface area contributed by atoms with Crippen molar-refractivity contribution in [1.82, 2.24) is 9.97 Å².